The third-order valence-electron chi connectivity index (χ3n) is 4.62. The number of nitrogens with zero attached hydrogens (tertiary/aromatic N) is 2. The van der Waals surface area contributed by atoms with E-state index in [4.69, 9.17) is 27.9 Å². The quantitative estimate of drug-likeness (QED) is 0.400. The summed E-state index contributed by atoms with van der Waals surface area (Å²) in [6, 6.07) is 16.6. The fourth-order valence-corrected chi connectivity index (χ4v) is 3.84. The lowest BCUT2D eigenvalue weighted by atomic mass is 10.1. The second-order valence-electron chi connectivity index (χ2n) is 6.29. The Hall–Kier alpha value is -2.82. The highest BCUT2D eigenvalue weighted by atomic mass is 35.5. The summed E-state index contributed by atoms with van der Waals surface area (Å²) in [5.74, 6) is 0.339. The third-order valence-corrected chi connectivity index (χ3v) is 5.16. The number of benzene rings is 2. The van der Waals surface area contributed by atoms with Crippen LogP contribution in [0.5, 0.6) is 5.75 Å². The van der Waals surface area contributed by atoms with Gasteiger partial charge in [0.15, 0.2) is 0 Å². The number of aromatic nitrogens is 2. The van der Waals surface area contributed by atoms with Crippen LogP contribution in [0, 0.1) is 0 Å². The molecule has 0 atom stereocenters. The van der Waals surface area contributed by atoms with Crippen LogP contribution in [0.4, 0.5) is 0 Å². The predicted molar refractivity (Wildman–Crippen MR) is 106 cm³/mol. The van der Waals surface area contributed by atoms with Gasteiger partial charge in [-0.25, -0.2) is 4.98 Å². The van der Waals surface area contributed by atoms with Gasteiger partial charge < -0.3 is 4.74 Å². The highest BCUT2D eigenvalue weighted by molar-refractivity contribution is 6.35. The molecule has 4 nitrogen and oxygen atoms in total. The van der Waals surface area contributed by atoms with Crippen LogP contribution in [0.2, 0.25) is 10.0 Å². The average Bonchev–Trinajstić information content (AvgIpc) is 3.23. The van der Waals surface area contributed by atoms with Crippen LogP contribution in [-0.4, -0.2) is 15.5 Å². The van der Waals surface area contributed by atoms with Crippen molar-refractivity contribution in [3.05, 3.63) is 82.0 Å². The molecule has 2 aromatic heterocycles. The Labute approximate surface area is 164 Å². The van der Waals surface area contributed by atoms with E-state index < -0.39 is 0 Å². The molecule has 4 aromatic rings. The number of carbonyl (C=O) groups excluding carboxylic acids is 1. The Kier molecular flexibility index (Phi) is 3.71. The SMILES string of the molecule is O=C1c2c(nc3c(Cl)cccc3c2OCc2cccc(Cl)c2)-c2cccn21. The Balaban J connectivity index is 1.70. The monoisotopic (exact) mass is 394 g/mol. The second kappa shape index (κ2) is 6.12. The molecule has 0 unspecified atom stereocenters. The van der Waals surface area contributed by atoms with Crippen LogP contribution < -0.4 is 4.74 Å². The number of para-hydroxylation sites is 1. The van der Waals surface area contributed by atoms with Crippen molar-refractivity contribution in [2.75, 3.05) is 0 Å². The van der Waals surface area contributed by atoms with E-state index in [1.165, 1.54) is 0 Å². The number of hydrogen-bond donors (Lipinski definition) is 0. The second-order valence-corrected chi connectivity index (χ2v) is 7.13. The molecule has 0 aliphatic carbocycles. The summed E-state index contributed by atoms with van der Waals surface area (Å²) in [7, 11) is 0. The lowest BCUT2D eigenvalue weighted by molar-refractivity contribution is 0.0965. The molecule has 2 aromatic carbocycles. The van der Waals surface area contributed by atoms with E-state index in [0.29, 0.717) is 38.0 Å². The van der Waals surface area contributed by atoms with E-state index >= 15 is 0 Å². The lowest BCUT2D eigenvalue weighted by Gasteiger charge is -2.14. The molecule has 0 radical (unpaired) electrons. The summed E-state index contributed by atoms with van der Waals surface area (Å²) in [5, 5.41) is 1.86. The summed E-state index contributed by atoms with van der Waals surface area (Å²) >= 11 is 12.4. The molecule has 0 saturated carbocycles. The zero-order chi connectivity index (χ0) is 18.5. The van der Waals surface area contributed by atoms with Gasteiger partial charge in [0.25, 0.3) is 5.91 Å². The van der Waals surface area contributed by atoms with Crippen LogP contribution >= 0.6 is 23.2 Å². The van der Waals surface area contributed by atoms with Crippen LogP contribution in [0.3, 0.4) is 0 Å². The Morgan fingerprint density at radius 2 is 1.89 bits per heavy atom. The summed E-state index contributed by atoms with van der Waals surface area (Å²) in [4.78, 5) is 17.6. The largest absolute Gasteiger partial charge is 0.487 e. The zero-order valence-electron chi connectivity index (χ0n) is 13.9. The number of hydrogen-bond acceptors (Lipinski definition) is 3. The highest BCUT2D eigenvalue weighted by Crippen LogP contribution is 2.42. The van der Waals surface area contributed by atoms with Gasteiger partial charge in [0, 0.05) is 16.6 Å². The van der Waals surface area contributed by atoms with Crippen molar-refractivity contribution in [3.63, 3.8) is 0 Å². The van der Waals surface area contributed by atoms with Crippen molar-refractivity contribution in [1.29, 1.82) is 0 Å². The lowest BCUT2D eigenvalue weighted by Crippen LogP contribution is -2.08. The van der Waals surface area contributed by atoms with Gasteiger partial charge in [0.05, 0.1) is 16.2 Å². The number of fused-ring (bicyclic) bond motifs is 4. The van der Waals surface area contributed by atoms with E-state index in [-0.39, 0.29) is 12.5 Å². The normalized spacial score (nSPS) is 12.3. The van der Waals surface area contributed by atoms with Gasteiger partial charge in [0.2, 0.25) is 0 Å². The van der Waals surface area contributed by atoms with Gasteiger partial charge in [-0.05, 0) is 42.0 Å². The zero-order valence-corrected chi connectivity index (χ0v) is 15.5. The number of carbonyl (C=O) groups is 1. The molecule has 132 valence electrons. The summed E-state index contributed by atoms with van der Waals surface area (Å²) in [6.07, 6.45) is 1.73. The van der Waals surface area contributed by atoms with Gasteiger partial charge >= 0.3 is 0 Å². The van der Waals surface area contributed by atoms with Crippen LogP contribution in [0.15, 0.2) is 60.8 Å². The van der Waals surface area contributed by atoms with Crippen molar-refractivity contribution in [2.24, 2.45) is 0 Å². The predicted octanol–water partition coefficient (Wildman–Crippen LogP) is 5.59. The molecule has 5 rings (SSSR count). The molecular weight excluding hydrogens is 383 g/mol. The van der Waals surface area contributed by atoms with Gasteiger partial charge in [-0.15, -0.1) is 0 Å². The molecule has 1 aliphatic rings. The average molecular weight is 395 g/mol. The molecule has 6 heteroatoms. The molecule has 0 N–H and O–H groups in total. The number of halogens is 2. The molecule has 0 fully saturated rings. The van der Waals surface area contributed by atoms with Gasteiger partial charge in [-0.3, -0.25) is 9.36 Å². The molecule has 3 heterocycles. The summed E-state index contributed by atoms with van der Waals surface area (Å²) in [6.45, 7) is 0.279. The molecule has 1 aliphatic heterocycles. The maximum Gasteiger partial charge on any atom is 0.268 e. The number of rotatable bonds is 3. The molecule has 0 bridgehead atoms. The Morgan fingerprint density at radius 3 is 2.74 bits per heavy atom. The minimum atomic E-state index is -0.152. The van der Waals surface area contributed by atoms with Gasteiger partial charge in [-0.2, -0.15) is 0 Å². The maximum absolute atomic E-state index is 13.0. The summed E-state index contributed by atoms with van der Waals surface area (Å²) in [5.41, 5.74) is 3.31. The smallest absolute Gasteiger partial charge is 0.268 e. The van der Waals surface area contributed by atoms with E-state index in [2.05, 4.69) is 4.98 Å². The Bertz CT molecular complexity index is 1230. The minimum absolute atomic E-state index is 0.152. The van der Waals surface area contributed by atoms with Crippen LogP contribution in [0.1, 0.15) is 15.9 Å². The third kappa shape index (κ3) is 2.52. The van der Waals surface area contributed by atoms with E-state index in [9.17, 15) is 4.79 Å². The van der Waals surface area contributed by atoms with Gasteiger partial charge in [0.1, 0.15) is 23.6 Å². The molecular formula is C21H12Cl2N2O2. The van der Waals surface area contributed by atoms with Crippen molar-refractivity contribution in [2.45, 2.75) is 6.61 Å². The maximum atomic E-state index is 13.0. The number of ether oxygens (including phenoxy) is 1. The van der Waals surface area contributed by atoms with Crippen LogP contribution in [-0.2, 0) is 6.61 Å². The first kappa shape index (κ1) is 16.4. The standard InChI is InChI=1S/C21H12Cl2N2O2/c22-13-5-1-4-12(10-13)11-27-20-14-6-2-7-15(23)18(14)24-19-16-8-3-9-25(16)21(26)17(19)20/h1-10H,11H2. The van der Waals surface area contributed by atoms with Gasteiger partial charge in [-0.1, -0.05) is 41.4 Å². The minimum Gasteiger partial charge on any atom is -0.487 e. The fourth-order valence-electron chi connectivity index (χ4n) is 3.41. The topological polar surface area (TPSA) is 44.1 Å². The van der Waals surface area contributed by atoms with Crippen LogP contribution in [0.25, 0.3) is 22.3 Å². The fraction of sp³-hybridized carbons (Fsp3) is 0.0476. The highest BCUT2D eigenvalue weighted by Gasteiger charge is 2.33. The van der Waals surface area contributed by atoms with Crippen molar-refractivity contribution in [1.82, 2.24) is 9.55 Å². The van der Waals surface area contributed by atoms with E-state index in [0.717, 1.165) is 11.3 Å². The first-order valence-corrected chi connectivity index (χ1v) is 9.11. The number of pyridine rings is 1. The summed E-state index contributed by atoms with van der Waals surface area (Å²) < 4.78 is 7.72. The Morgan fingerprint density at radius 1 is 1.04 bits per heavy atom. The van der Waals surface area contributed by atoms with E-state index in [1.54, 1.807) is 22.9 Å². The molecule has 0 amide bonds. The van der Waals surface area contributed by atoms with Crippen molar-refractivity contribution >= 4 is 40.0 Å². The molecule has 27 heavy (non-hydrogen) atoms. The van der Waals surface area contributed by atoms with Crippen molar-refractivity contribution in [3.8, 4) is 17.1 Å². The first-order valence-electron chi connectivity index (χ1n) is 8.35. The van der Waals surface area contributed by atoms with Crippen molar-refractivity contribution < 1.29 is 9.53 Å². The molecule has 0 saturated heterocycles. The molecule has 0 spiro atoms. The van der Waals surface area contributed by atoms with E-state index in [1.807, 2.05) is 42.5 Å². The first-order chi connectivity index (χ1) is 13.1.